The lowest BCUT2D eigenvalue weighted by atomic mass is 10.2. The number of halogens is 1. The first-order chi connectivity index (χ1) is 12.5. The van der Waals surface area contributed by atoms with Crippen molar-refractivity contribution in [1.82, 2.24) is 4.57 Å². The van der Waals surface area contributed by atoms with E-state index in [4.69, 9.17) is 20.8 Å². The minimum absolute atomic E-state index is 0.0378. The summed E-state index contributed by atoms with van der Waals surface area (Å²) in [6.45, 7) is 1.93. The molecule has 26 heavy (non-hydrogen) atoms. The Morgan fingerprint density at radius 1 is 1.27 bits per heavy atom. The summed E-state index contributed by atoms with van der Waals surface area (Å²) in [5.74, 6) is -0.186. The first-order valence-corrected chi connectivity index (χ1v) is 8.09. The van der Waals surface area contributed by atoms with E-state index in [1.54, 1.807) is 43.3 Å². The number of hydrogen-bond donors (Lipinski definition) is 1. The summed E-state index contributed by atoms with van der Waals surface area (Å²) in [5, 5.41) is 19.3. The van der Waals surface area contributed by atoms with E-state index >= 15 is 0 Å². The molecule has 0 unspecified atom stereocenters. The van der Waals surface area contributed by atoms with Crippen molar-refractivity contribution >= 4 is 28.9 Å². The number of azo groups is 1. The number of rotatable bonds is 5. The highest BCUT2D eigenvalue weighted by Gasteiger charge is 2.26. The Balaban J connectivity index is 2.04. The third kappa shape index (κ3) is 3.48. The van der Waals surface area contributed by atoms with Gasteiger partial charge in [0.1, 0.15) is 11.3 Å². The van der Waals surface area contributed by atoms with Crippen LogP contribution in [0.1, 0.15) is 21.8 Å². The monoisotopic (exact) mass is 373 g/mol. The molecule has 0 saturated heterocycles. The van der Waals surface area contributed by atoms with Crippen LogP contribution >= 0.6 is 11.6 Å². The molecule has 0 aliphatic heterocycles. The summed E-state index contributed by atoms with van der Waals surface area (Å²) >= 11 is 5.85. The lowest BCUT2D eigenvalue weighted by Crippen LogP contribution is -2.06. The quantitative estimate of drug-likeness (QED) is 0.503. The van der Waals surface area contributed by atoms with Gasteiger partial charge in [0.15, 0.2) is 5.69 Å². The van der Waals surface area contributed by atoms with Crippen molar-refractivity contribution in [2.24, 2.45) is 10.2 Å². The van der Waals surface area contributed by atoms with E-state index in [-0.39, 0.29) is 23.7 Å². The number of carbonyl (C=O) groups is 1. The molecule has 0 amide bonds. The van der Waals surface area contributed by atoms with E-state index in [1.807, 2.05) is 0 Å². The van der Waals surface area contributed by atoms with Gasteiger partial charge in [-0.25, -0.2) is 4.79 Å². The van der Waals surface area contributed by atoms with Gasteiger partial charge in [-0.1, -0.05) is 11.6 Å². The van der Waals surface area contributed by atoms with Crippen LogP contribution in [0.15, 0.2) is 57.3 Å². The molecular formula is C18H16ClN3O4. The molecule has 7 nitrogen and oxygen atoms in total. The fourth-order valence-electron chi connectivity index (χ4n) is 2.51. The summed E-state index contributed by atoms with van der Waals surface area (Å²) in [7, 11) is 1.27. The predicted molar refractivity (Wildman–Crippen MR) is 95.6 cm³/mol. The minimum Gasteiger partial charge on any atom is -0.493 e. The van der Waals surface area contributed by atoms with Gasteiger partial charge >= 0.3 is 5.97 Å². The van der Waals surface area contributed by atoms with E-state index in [1.165, 1.54) is 17.9 Å². The lowest BCUT2D eigenvalue weighted by Gasteiger charge is -2.05. The van der Waals surface area contributed by atoms with Crippen LogP contribution in [-0.2, 0) is 11.3 Å². The van der Waals surface area contributed by atoms with Crippen LogP contribution in [0.2, 0.25) is 5.02 Å². The van der Waals surface area contributed by atoms with Gasteiger partial charge in [-0.2, -0.15) is 5.11 Å². The van der Waals surface area contributed by atoms with Gasteiger partial charge in [0.25, 0.3) is 0 Å². The van der Waals surface area contributed by atoms with Crippen LogP contribution in [0.4, 0.5) is 11.4 Å². The van der Waals surface area contributed by atoms with E-state index < -0.39 is 5.97 Å². The molecule has 0 spiro atoms. The maximum atomic E-state index is 12.2. The largest absolute Gasteiger partial charge is 0.493 e. The second kappa shape index (κ2) is 7.45. The molecule has 8 heteroatoms. The SMILES string of the molecule is COC(=O)c1c(N=Nc2ccc(Cl)cc2)c(O)n(Cc2ccco2)c1C. The predicted octanol–water partition coefficient (Wildman–Crippen LogP) is 5.00. The number of nitrogens with zero attached hydrogens (tertiary/aromatic N) is 3. The molecule has 3 rings (SSSR count). The third-order valence-electron chi connectivity index (χ3n) is 3.85. The van der Waals surface area contributed by atoms with E-state index in [0.717, 1.165) is 0 Å². The van der Waals surface area contributed by atoms with Crippen LogP contribution in [0.3, 0.4) is 0 Å². The number of esters is 1. The Kier molecular flexibility index (Phi) is 5.09. The lowest BCUT2D eigenvalue weighted by molar-refractivity contribution is 0.0600. The zero-order valence-electron chi connectivity index (χ0n) is 14.1. The third-order valence-corrected chi connectivity index (χ3v) is 4.10. The van der Waals surface area contributed by atoms with E-state index in [0.29, 0.717) is 22.2 Å². The highest BCUT2D eigenvalue weighted by atomic mass is 35.5. The van der Waals surface area contributed by atoms with E-state index in [9.17, 15) is 9.90 Å². The normalized spacial score (nSPS) is 11.2. The Hall–Kier alpha value is -3.06. The van der Waals surface area contributed by atoms with Gasteiger partial charge in [0, 0.05) is 10.7 Å². The van der Waals surface area contributed by atoms with Crippen molar-refractivity contribution in [2.45, 2.75) is 13.5 Å². The molecule has 2 heterocycles. The minimum atomic E-state index is -0.610. The molecule has 1 aromatic carbocycles. The maximum Gasteiger partial charge on any atom is 0.342 e. The number of aromatic nitrogens is 1. The Labute approximate surface area is 154 Å². The molecule has 0 aliphatic rings. The molecule has 0 bridgehead atoms. The standard InChI is InChI=1S/C18H16ClN3O4/c1-11-15(18(24)25-2)16(21-20-13-7-5-12(19)6-8-13)17(23)22(11)10-14-4-3-9-26-14/h3-9,23H,10H2,1-2H3. The number of benzene rings is 1. The van der Waals surface area contributed by atoms with Gasteiger partial charge in [-0.3, -0.25) is 0 Å². The number of furan rings is 1. The van der Waals surface area contributed by atoms with E-state index in [2.05, 4.69) is 10.2 Å². The molecule has 3 aromatic rings. The molecule has 0 aliphatic carbocycles. The average Bonchev–Trinajstić information content (AvgIpc) is 3.23. The van der Waals surface area contributed by atoms with Crippen molar-refractivity contribution in [3.8, 4) is 5.88 Å². The van der Waals surface area contributed by atoms with Gasteiger partial charge in [-0.05, 0) is 43.3 Å². The molecule has 0 saturated carbocycles. The molecule has 2 aromatic heterocycles. The number of hydrogen-bond acceptors (Lipinski definition) is 6. The number of aromatic hydroxyl groups is 1. The average molecular weight is 374 g/mol. The van der Waals surface area contributed by atoms with Crippen LogP contribution in [0, 0.1) is 6.92 Å². The number of ether oxygens (including phenoxy) is 1. The second-order valence-corrected chi connectivity index (χ2v) is 5.90. The smallest absolute Gasteiger partial charge is 0.342 e. The van der Waals surface area contributed by atoms with Crippen LogP contribution in [0.25, 0.3) is 0 Å². The van der Waals surface area contributed by atoms with Crippen molar-refractivity contribution in [3.05, 3.63) is 64.7 Å². The van der Waals surface area contributed by atoms with Crippen molar-refractivity contribution in [1.29, 1.82) is 0 Å². The first kappa shape index (κ1) is 17.8. The summed E-state index contributed by atoms with van der Waals surface area (Å²) in [5.41, 5.74) is 1.21. The molecular weight excluding hydrogens is 358 g/mol. The zero-order valence-corrected chi connectivity index (χ0v) is 14.9. The van der Waals surface area contributed by atoms with Gasteiger partial charge in [-0.15, -0.1) is 5.11 Å². The Bertz CT molecular complexity index is 944. The molecule has 134 valence electrons. The Morgan fingerprint density at radius 3 is 2.62 bits per heavy atom. The zero-order chi connectivity index (χ0) is 18.7. The first-order valence-electron chi connectivity index (χ1n) is 7.71. The number of methoxy groups -OCH3 is 1. The summed E-state index contributed by atoms with van der Waals surface area (Å²) < 4.78 is 11.6. The summed E-state index contributed by atoms with van der Waals surface area (Å²) in [6, 6.07) is 10.2. The fourth-order valence-corrected chi connectivity index (χ4v) is 2.64. The van der Waals surface area contributed by atoms with Crippen LogP contribution < -0.4 is 0 Å². The van der Waals surface area contributed by atoms with Gasteiger partial charge < -0.3 is 18.8 Å². The summed E-state index contributed by atoms with van der Waals surface area (Å²) in [4.78, 5) is 12.2. The van der Waals surface area contributed by atoms with Crippen molar-refractivity contribution < 1.29 is 19.1 Å². The summed E-state index contributed by atoms with van der Waals surface area (Å²) in [6.07, 6.45) is 1.54. The highest BCUT2D eigenvalue weighted by molar-refractivity contribution is 6.30. The van der Waals surface area contributed by atoms with Crippen LogP contribution in [-0.4, -0.2) is 22.8 Å². The van der Waals surface area contributed by atoms with Crippen molar-refractivity contribution in [3.63, 3.8) is 0 Å². The molecule has 0 radical (unpaired) electrons. The Morgan fingerprint density at radius 2 is 2.00 bits per heavy atom. The van der Waals surface area contributed by atoms with Gasteiger partial charge in [0.05, 0.1) is 25.6 Å². The highest BCUT2D eigenvalue weighted by Crippen LogP contribution is 2.38. The number of carbonyl (C=O) groups excluding carboxylic acids is 1. The van der Waals surface area contributed by atoms with Crippen LogP contribution in [0.5, 0.6) is 5.88 Å². The second-order valence-electron chi connectivity index (χ2n) is 5.47. The van der Waals surface area contributed by atoms with Crippen molar-refractivity contribution in [2.75, 3.05) is 7.11 Å². The molecule has 0 fully saturated rings. The molecule has 1 N–H and O–H groups in total. The van der Waals surface area contributed by atoms with Gasteiger partial charge in [0.2, 0.25) is 5.88 Å². The fraction of sp³-hybridized carbons (Fsp3) is 0.167. The maximum absolute atomic E-state index is 12.2. The molecule has 0 atom stereocenters. The topological polar surface area (TPSA) is 89.3 Å².